The summed E-state index contributed by atoms with van der Waals surface area (Å²) in [6.07, 6.45) is 4.07. The van der Waals surface area contributed by atoms with E-state index < -0.39 is 12.0 Å². The van der Waals surface area contributed by atoms with Gasteiger partial charge in [0, 0.05) is 12.4 Å². The molecule has 0 spiro atoms. The van der Waals surface area contributed by atoms with Gasteiger partial charge in [-0.3, -0.25) is 15.1 Å². The number of hydrogen-bond donors (Lipinski definition) is 1. The summed E-state index contributed by atoms with van der Waals surface area (Å²) in [7, 11) is 0. The van der Waals surface area contributed by atoms with E-state index in [-0.39, 0.29) is 5.88 Å². The first-order valence-electron chi connectivity index (χ1n) is 3.63. The van der Waals surface area contributed by atoms with Crippen LogP contribution in [0.4, 0.5) is 4.79 Å². The quantitative estimate of drug-likeness (QED) is 0.682. The molecule has 0 fully saturated rings. The van der Waals surface area contributed by atoms with Crippen LogP contribution in [0.15, 0.2) is 31.2 Å². The lowest BCUT2D eigenvalue weighted by molar-refractivity contribution is -0.115. The maximum absolute atomic E-state index is 10.9. The minimum absolute atomic E-state index is 0.0156. The molecule has 0 bridgehead atoms. The van der Waals surface area contributed by atoms with Gasteiger partial charge in [-0.25, -0.2) is 9.78 Å². The molecule has 6 nitrogen and oxygen atoms in total. The molecule has 0 atom stereocenters. The molecule has 1 rings (SSSR count). The van der Waals surface area contributed by atoms with Crippen molar-refractivity contribution in [3.05, 3.63) is 31.2 Å². The second-order valence-corrected chi connectivity index (χ2v) is 2.13. The fraction of sp³-hybridized carbons (Fsp3) is 0. The number of nitrogens with one attached hydrogen (secondary N) is 1. The van der Waals surface area contributed by atoms with Gasteiger partial charge < -0.3 is 4.74 Å². The molecule has 0 aliphatic rings. The Labute approximate surface area is 79.6 Å². The Morgan fingerprint density at radius 2 is 2.29 bits per heavy atom. The molecule has 72 valence electrons. The van der Waals surface area contributed by atoms with E-state index in [0.717, 1.165) is 6.08 Å². The van der Waals surface area contributed by atoms with Crippen molar-refractivity contribution in [2.75, 3.05) is 0 Å². The molecule has 2 amide bonds. The first kappa shape index (κ1) is 9.85. The number of nitrogens with zero attached hydrogens (tertiary/aromatic N) is 2. The smallest absolute Gasteiger partial charge is 0.389 e. The van der Waals surface area contributed by atoms with E-state index in [0.29, 0.717) is 0 Å². The zero-order valence-corrected chi connectivity index (χ0v) is 7.14. The van der Waals surface area contributed by atoms with Crippen molar-refractivity contribution in [2.24, 2.45) is 0 Å². The maximum Gasteiger partial charge on any atom is 0.420 e. The molecule has 0 aliphatic heterocycles. The number of carbonyl (C=O) groups excluding carboxylic acids is 2. The molecule has 14 heavy (non-hydrogen) atoms. The number of imide groups is 1. The number of ether oxygens (including phenoxy) is 1. The predicted molar refractivity (Wildman–Crippen MR) is 46.4 cm³/mol. The van der Waals surface area contributed by atoms with Crippen LogP contribution in [0.3, 0.4) is 0 Å². The molecule has 0 unspecified atom stereocenters. The van der Waals surface area contributed by atoms with Gasteiger partial charge in [-0.15, -0.1) is 0 Å². The van der Waals surface area contributed by atoms with Gasteiger partial charge in [0.05, 0.1) is 6.20 Å². The molecule has 1 aromatic rings. The SMILES string of the molecule is C=CC(=O)NC(=O)Oc1cnccn1. The van der Waals surface area contributed by atoms with Crippen molar-refractivity contribution < 1.29 is 14.3 Å². The fourth-order valence-corrected chi connectivity index (χ4v) is 0.610. The second kappa shape index (κ2) is 4.70. The van der Waals surface area contributed by atoms with Crippen molar-refractivity contribution in [3.63, 3.8) is 0 Å². The third kappa shape index (κ3) is 3.02. The van der Waals surface area contributed by atoms with E-state index in [1.807, 2.05) is 5.32 Å². The summed E-state index contributed by atoms with van der Waals surface area (Å²) in [5, 5.41) is 1.89. The van der Waals surface area contributed by atoms with E-state index in [1.54, 1.807) is 0 Å². The highest BCUT2D eigenvalue weighted by Crippen LogP contribution is 2.00. The highest BCUT2D eigenvalue weighted by molar-refractivity contribution is 5.98. The molecule has 0 saturated heterocycles. The van der Waals surface area contributed by atoms with Crippen LogP contribution < -0.4 is 10.1 Å². The fourth-order valence-electron chi connectivity index (χ4n) is 0.610. The number of amides is 2. The van der Waals surface area contributed by atoms with Crippen molar-refractivity contribution in [2.45, 2.75) is 0 Å². The minimum Gasteiger partial charge on any atom is -0.389 e. The number of rotatable bonds is 2. The highest BCUT2D eigenvalue weighted by atomic mass is 16.6. The van der Waals surface area contributed by atoms with Crippen LogP contribution in [-0.4, -0.2) is 22.0 Å². The standard InChI is InChI=1S/C8H7N3O3/c1-2-6(12)11-8(13)14-7-5-9-3-4-10-7/h2-5H,1H2,(H,11,12,13). The monoisotopic (exact) mass is 193 g/mol. The molecule has 1 heterocycles. The second-order valence-electron chi connectivity index (χ2n) is 2.13. The van der Waals surface area contributed by atoms with Gasteiger partial charge in [-0.05, 0) is 6.08 Å². The molecule has 1 N–H and O–H groups in total. The van der Waals surface area contributed by atoms with Gasteiger partial charge in [0.15, 0.2) is 0 Å². The van der Waals surface area contributed by atoms with Gasteiger partial charge in [0.25, 0.3) is 5.91 Å². The predicted octanol–water partition coefficient (Wildman–Crippen LogP) is 0.278. The zero-order valence-electron chi connectivity index (χ0n) is 7.14. The van der Waals surface area contributed by atoms with Crippen LogP contribution >= 0.6 is 0 Å². The van der Waals surface area contributed by atoms with Crippen molar-refractivity contribution in [1.82, 2.24) is 15.3 Å². The summed E-state index contributed by atoms with van der Waals surface area (Å²) in [5.41, 5.74) is 0. The summed E-state index contributed by atoms with van der Waals surface area (Å²) in [4.78, 5) is 28.9. The molecule has 6 heteroatoms. The molecule has 0 saturated carbocycles. The molecule has 0 radical (unpaired) electrons. The van der Waals surface area contributed by atoms with Gasteiger partial charge >= 0.3 is 6.09 Å². The number of aromatic nitrogens is 2. The normalized spacial score (nSPS) is 8.86. The largest absolute Gasteiger partial charge is 0.420 e. The summed E-state index contributed by atoms with van der Waals surface area (Å²) in [5.74, 6) is -0.624. The Morgan fingerprint density at radius 3 is 2.86 bits per heavy atom. The third-order valence-corrected chi connectivity index (χ3v) is 1.15. The molecule has 1 aromatic heterocycles. The first-order chi connectivity index (χ1) is 6.72. The number of hydrogen-bond acceptors (Lipinski definition) is 5. The minimum atomic E-state index is -0.921. The van der Waals surface area contributed by atoms with Crippen molar-refractivity contribution in [1.29, 1.82) is 0 Å². The average molecular weight is 193 g/mol. The van der Waals surface area contributed by atoms with Crippen LogP contribution in [0.2, 0.25) is 0 Å². The van der Waals surface area contributed by atoms with E-state index in [2.05, 4.69) is 21.3 Å². The average Bonchev–Trinajstić information content (AvgIpc) is 2.19. The molecule has 0 aromatic carbocycles. The Kier molecular flexibility index (Phi) is 3.31. The Hall–Kier alpha value is -2.24. The lowest BCUT2D eigenvalue weighted by Gasteiger charge is -2.01. The zero-order chi connectivity index (χ0) is 10.4. The van der Waals surface area contributed by atoms with E-state index >= 15 is 0 Å². The van der Waals surface area contributed by atoms with Crippen LogP contribution in [0.1, 0.15) is 0 Å². The molecular weight excluding hydrogens is 186 g/mol. The number of carbonyl (C=O) groups is 2. The Balaban J connectivity index is 2.50. The van der Waals surface area contributed by atoms with Crippen LogP contribution in [0.5, 0.6) is 5.88 Å². The molecular formula is C8H7N3O3. The van der Waals surface area contributed by atoms with Crippen LogP contribution in [-0.2, 0) is 4.79 Å². The van der Waals surface area contributed by atoms with Gasteiger partial charge in [-0.2, -0.15) is 0 Å². The van der Waals surface area contributed by atoms with E-state index in [9.17, 15) is 9.59 Å². The lowest BCUT2D eigenvalue weighted by Crippen LogP contribution is -2.31. The van der Waals surface area contributed by atoms with E-state index in [4.69, 9.17) is 0 Å². The summed E-state index contributed by atoms with van der Waals surface area (Å²) >= 11 is 0. The van der Waals surface area contributed by atoms with Crippen molar-refractivity contribution >= 4 is 12.0 Å². The van der Waals surface area contributed by atoms with Crippen LogP contribution in [0, 0.1) is 0 Å². The van der Waals surface area contributed by atoms with Crippen LogP contribution in [0.25, 0.3) is 0 Å². The van der Waals surface area contributed by atoms with Gasteiger partial charge in [0.2, 0.25) is 5.88 Å². The topological polar surface area (TPSA) is 81.2 Å². The highest BCUT2D eigenvalue weighted by Gasteiger charge is 2.07. The summed E-state index contributed by atoms with van der Waals surface area (Å²) in [6, 6.07) is 0. The summed E-state index contributed by atoms with van der Waals surface area (Å²) < 4.78 is 4.59. The lowest BCUT2D eigenvalue weighted by atomic mass is 10.6. The Morgan fingerprint density at radius 1 is 1.50 bits per heavy atom. The Bertz CT molecular complexity index is 350. The van der Waals surface area contributed by atoms with Crippen molar-refractivity contribution in [3.8, 4) is 5.88 Å². The third-order valence-electron chi connectivity index (χ3n) is 1.15. The maximum atomic E-state index is 10.9. The van der Waals surface area contributed by atoms with Gasteiger partial charge in [0.1, 0.15) is 0 Å². The van der Waals surface area contributed by atoms with E-state index in [1.165, 1.54) is 18.6 Å². The summed E-state index contributed by atoms with van der Waals surface area (Å²) in [6.45, 7) is 3.17. The van der Waals surface area contributed by atoms with Gasteiger partial charge in [-0.1, -0.05) is 6.58 Å². The molecule has 0 aliphatic carbocycles. The first-order valence-corrected chi connectivity index (χ1v) is 3.63.